The van der Waals surface area contributed by atoms with Gasteiger partial charge in [-0.1, -0.05) is 55.4 Å². The summed E-state index contributed by atoms with van der Waals surface area (Å²) in [5.74, 6) is -1.95. The summed E-state index contributed by atoms with van der Waals surface area (Å²) in [4.78, 5) is 22.3. The Hall–Kier alpha value is -1.87. The summed E-state index contributed by atoms with van der Waals surface area (Å²) in [6.45, 7) is 10.6. The highest BCUT2D eigenvalue weighted by Gasteiger charge is 2.26. The number of carbonyl (C=O) groups excluding carboxylic acids is 1. The van der Waals surface area contributed by atoms with Gasteiger partial charge < -0.3 is 5.11 Å². The van der Waals surface area contributed by atoms with Crippen LogP contribution in [0.2, 0.25) is 0 Å². The first-order valence-electron chi connectivity index (χ1n) is 8.87. The first-order chi connectivity index (χ1) is 12.0. The molecule has 0 aromatic heterocycles. The fourth-order valence-corrected chi connectivity index (χ4v) is 3.16. The molecular weight excluding hydrogens is 348 g/mol. The van der Waals surface area contributed by atoms with E-state index < -0.39 is 17.1 Å². The number of allylic oxidation sites excluding steroid dienone is 10. The SMILES string of the molecule is CC1=C(/C=C/C(C)=C/C=C/C(C)=C/C(=O)C(Cl)C(=O)O)C(C)(C)CCC1. The second-order valence-corrected chi connectivity index (χ2v) is 7.96. The molecule has 0 radical (unpaired) electrons. The smallest absolute Gasteiger partial charge is 0.329 e. The predicted molar refractivity (Wildman–Crippen MR) is 108 cm³/mol. The summed E-state index contributed by atoms with van der Waals surface area (Å²) in [5.41, 5.74) is 4.86. The zero-order valence-electron chi connectivity index (χ0n) is 16.3. The first kappa shape index (κ1) is 22.2. The van der Waals surface area contributed by atoms with E-state index in [1.165, 1.54) is 36.5 Å². The van der Waals surface area contributed by atoms with Crippen LogP contribution in [0.3, 0.4) is 0 Å². The molecule has 1 aliphatic rings. The Morgan fingerprint density at radius 3 is 2.42 bits per heavy atom. The summed E-state index contributed by atoms with van der Waals surface area (Å²) in [6.07, 6.45) is 14.8. The van der Waals surface area contributed by atoms with Gasteiger partial charge in [0, 0.05) is 0 Å². The second-order valence-electron chi connectivity index (χ2n) is 7.53. The minimum Gasteiger partial charge on any atom is -0.480 e. The quantitative estimate of drug-likeness (QED) is 0.265. The number of carboxylic acids is 1. The molecule has 0 heterocycles. The van der Waals surface area contributed by atoms with Crippen LogP contribution in [0.4, 0.5) is 0 Å². The van der Waals surface area contributed by atoms with Crippen LogP contribution in [0.1, 0.15) is 53.9 Å². The highest BCUT2D eigenvalue weighted by molar-refractivity contribution is 6.42. The van der Waals surface area contributed by atoms with Gasteiger partial charge in [0.2, 0.25) is 0 Å². The van der Waals surface area contributed by atoms with Crippen molar-refractivity contribution in [3.05, 3.63) is 58.7 Å². The van der Waals surface area contributed by atoms with Crippen LogP contribution in [0.25, 0.3) is 0 Å². The fraction of sp³-hybridized carbons (Fsp3) is 0.455. The van der Waals surface area contributed by atoms with Gasteiger partial charge in [0.1, 0.15) is 0 Å². The van der Waals surface area contributed by atoms with Gasteiger partial charge in [0.15, 0.2) is 11.2 Å². The predicted octanol–water partition coefficient (Wildman–Crippen LogP) is 5.78. The molecule has 0 saturated heterocycles. The van der Waals surface area contributed by atoms with E-state index in [1.807, 2.05) is 19.1 Å². The van der Waals surface area contributed by atoms with Crippen LogP contribution in [0, 0.1) is 5.41 Å². The van der Waals surface area contributed by atoms with Crippen LogP contribution in [0.15, 0.2) is 58.7 Å². The monoisotopic (exact) mass is 376 g/mol. The molecule has 1 unspecified atom stereocenters. The molecule has 4 heteroatoms. The van der Waals surface area contributed by atoms with Crippen LogP contribution in [-0.2, 0) is 9.59 Å². The Morgan fingerprint density at radius 1 is 1.19 bits per heavy atom. The maximum absolute atomic E-state index is 11.6. The molecule has 1 atom stereocenters. The number of hydrogen-bond acceptors (Lipinski definition) is 2. The molecule has 0 aromatic rings. The lowest BCUT2D eigenvalue weighted by atomic mass is 9.72. The second kappa shape index (κ2) is 9.72. The molecule has 1 aliphatic carbocycles. The molecule has 1 N–H and O–H groups in total. The molecule has 3 nitrogen and oxygen atoms in total. The number of alkyl halides is 1. The fourth-order valence-electron chi connectivity index (χ4n) is 3.10. The Labute approximate surface area is 161 Å². The number of rotatable bonds is 7. The zero-order chi connectivity index (χ0) is 19.9. The van der Waals surface area contributed by atoms with E-state index in [9.17, 15) is 9.59 Å². The minimum atomic E-state index is -1.53. The molecule has 0 aromatic carbocycles. The Bertz CT molecular complexity index is 703. The van der Waals surface area contributed by atoms with Crippen molar-refractivity contribution in [1.82, 2.24) is 0 Å². The van der Waals surface area contributed by atoms with Crippen molar-refractivity contribution in [2.75, 3.05) is 0 Å². The summed E-state index contributed by atoms with van der Waals surface area (Å²) in [6, 6.07) is 0. The molecule has 0 spiro atoms. The van der Waals surface area contributed by atoms with Gasteiger partial charge in [-0.25, -0.2) is 0 Å². The first-order valence-corrected chi connectivity index (χ1v) is 9.30. The number of carboxylic acid groups (broad SMARTS) is 1. The van der Waals surface area contributed by atoms with E-state index in [-0.39, 0.29) is 5.41 Å². The lowest BCUT2D eigenvalue weighted by Gasteiger charge is -2.32. The lowest BCUT2D eigenvalue weighted by Crippen LogP contribution is -2.22. The third kappa shape index (κ3) is 6.80. The Balaban J connectivity index is 2.78. The van der Waals surface area contributed by atoms with Crippen molar-refractivity contribution in [3.63, 3.8) is 0 Å². The maximum Gasteiger partial charge on any atom is 0.329 e. The van der Waals surface area contributed by atoms with Crippen LogP contribution < -0.4 is 0 Å². The third-order valence-electron chi connectivity index (χ3n) is 4.61. The van der Waals surface area contributed by atoms with E-state index in [0.717, 1.165) is 5.57 Å². The average Bonchev–Trinajstić information content (AvgIpc) is 2.52. The van der Waals surface area contributed by atoms with Gasteiger partial charge in [0.05, 0.1) is 0 Å². The number of ketones is 1. The lowest BCUT2D eigenvalue weighted by molar-refractivity contribution is -0.138. The maximum atomic E-state index is 11.6. The average molecular weight is 377 g/mol. The van der Waals surface area contributed by atoms with Gasteiger partial charge in [-0.2, -0.15) is 0 Å². The van der Waals surface area contributed by atoms with E-state index in [4.69, 9.17) is 16.7 Å². The van der Waals surface area contributed by atoms with Gasteiger partial charge in [-0.15, -0.1) is 11.6 Å². The van der Waals surface area contributed by atoms with Crippen molar-refractivity contribution in [3.8, 4) is 0 Å². The molecule has 26 heavy (non-hydrogen) atoms. The standard InChI is InChI=1S/C22H29ClO3/c1-15(11-12-18-17(3)10-7-13-22(18,4)5)8-6-9-16(2)14-19(24)20(23)21(25)26/h6,8-9,11-12,14,20H,7,10,13H2,1-5H3,(H,25,26)/b9-6+,12-11+,15-8+,16-14+. The third-order valence-corrected chi connectivity index (χ3v) is 5.01. The number of hydrogen-bond donors (Lipinski definition) is 1. The Kier molecular flexibility index (Phi) is 8.29. The van der Waals surface area contributed by atoms with Gasteiger partial charge in [-0.3, -0.25) is 9.59 Å². The molecule has 1 rings (SSSR count). The topological polar surface area (TPSA) is 54.4 Å². The number of carbonyl (C=O) groups is 2. The summed E-state index contributed by atoms with van der Waals surface area (Å²) in [5, 5.41) is 7.18. The minimum absolute atomic E-state index is 0.219. The number of halogens is 1. The van der Waals surface area contributed by atoms with Crippen molar-refractivity contribution in [2.24, 2.45) is 5.41 Å². The molecule has 0 bridgehead atoms. The molecule has 0 aliphatic heterocycles. The largest absolute Gasteiger partial charge is 0.480 e. The van der Waals surface area contributed by atoms with Gasteiger partial charge in [0.25, 0.3) is 0 Å². The van der Waals surface area contributed by atoms with E-state index >= 15 is 0 Å². The summed E-state index contributed by atoms with van der Waals surface area (Å²) in [7, 11) is 0. The van der Waals surface area contributed by atoms with E-state index in [1.54, 1.807) is 13.0 Å². The zero-order valence-corrected chi connectivity index (χ0v) is 17.1. The van der Waals surface area contributed by atoms with Crippen LogP contribution in [-0.4, -0.2) is 22.2 Å². The molecule has 142 valence electrons. The highest BCUT2D eigenvalue weighted by atomic mass is 35.5. The normalized spacial score (nSPS) is 20.1. The van der Waals surface area contributed by atoms with Crippen LogP contribution in [0.5, 0.6) is 0 Å². The Morgan fingerprint density at radius 2 is 1.85 bits per heavy atom. The summed E-state index contributed by atoms with van der Waals surface area (Å²) >= 11 is 5.50. The highest BCUT2D eigenvalue weighted by Crippen LogP contribution is 2.40. The van der Waals surface area contributed by atoms with Crippen molar-refractivity contribution in [1.29, 1.82) is 0 Å². The van der Waals surface area contributed by atoms with Crippen molar-refractivity contribution in [2.45, 2.75) is 59.3 Å². The van der Waals surface area contributed by atoms with Gasteiger partial charge >= 0.3 is 5.97 Å². The molecule has 0 saturated carbocycles. The van der Waals surface area contributed by atoms with Crippen molar-refractivity contribution >= 4 is 23.4 Å². The molecular formula is C22H29ClO3. The van der Waals surface area contributed by atoms with Crippen LogP contribution >= 0.6 is 11.6 Å². The van der Waals surface area contributed by atoms with Crippen molar-refractivity contribution < 1.29 is 14.7 Å². The van der Waals surface area contributed by atoms with E-state index in [2.05, 4.69) is 32.9 Å². The summed E-state index contributed by atoms with van der Waals surface area (Å²) < 4.78 is 0. The van der Waals surface area contributed by atoms with E-state index in [0.29, 0.717) is 5.57 Å². The molecule has 0 amide bonds. The van der Waals surface area contributed by atoms with Gasteiger partial charge in [-0.05, 0) is 62.7 Å². The molecule has 0 fully saturated rings. The number of aliphatic carboxylic acids is 1.